The maximum absolute atomic E-state index is 13.0. The molecule has 35 heavy (non-hydrogen) atoms. The molecule has 1 aromatic carbocycles. The van der Waals surface area contributed by atoms with E-state index in [1.54, 1.807) is 18.6 Å². The lowest BCUT2D eigenvalue weighted by Crippen LogP contribution is -2.44. The van der Waals surface area contributed by atoms with Gasteiger partial charge in [0.25, 0.3) is 0 Å². The van der Waals surface area contributed by atoms with Crippen LogP contribution < -0.4 is 10.6 Å². The Balaban J connectivity index is 1.17. The fourth-order valence-corrected chi connectivity index (χ4v) is 5.25. The molecule has 2 atom stereocenters. The SMILES string of the molecule is Cc1cc(-n2ncc3cc(NC(=O)N[C@@H]4CN(C5CCC5)C[C@H]4c4ccccc4)ncc32)ccn1. The molecule has 2 fully saturated rings. The van der Waals surface area contributed by atoms with Crippen molar-refractivity contribution in [2.75, 3.05) is 18.4 Å². The van der Waals surface area contributed by atoms with Crippen molar-refractivity contribution >= 4 is 22.8 Å². The zero-order chi connectivity index (χ0) is 23.8. The molecule has 2 N–H and O–H groups in total. The standard InChI is InChI=1S/C27H29N7O/c1-18-12-22(10-11-28-18)34-25-15-29-26(13-20(25)14-30-34)32-27(35)31-24-17-33(21-8-5-9-21)16-23(24)19-6-3-2-4-7-19/h2-4,6-7,10-15,21,23-24H,5,8-9,16-17H2,1H3,(H2,29,31,32,35)/t23-,24+/m0/s1. The van der Waals surface area contributed by atoms with Crippen molar-refractivity contribution in [3.63, 3.8) is 0 Å². The van der Waals surface area contributed by atoms with Gasteiger partial charge in [-0.3, -0.25) is 15.2 Å². The molecule has 1 saturated heterocycles. The van der Waals surface area contributed by atoms with Crippen molar-refractivity contribution in [3.05, 3.63) is 78.4 Å². The predicted molar refractivity (Wildman–Crippen MR) is 136 cm³/mol. The van der Waals surface area contributed by atoms with Crippen LogP contribution in [0.3, 0.4) is 0 Å². The van der Waals surface area contributed by atoms with Crippen molar-refractivity contribution in [1.82, 2.24) is 30.0 Å². The number of nitrogens with zero attached hydrogens (tertiary/aromatic N) is 5. The Hall–Kier alpha value is -3.78. The number of likely N-dealkylation sites (tertiary alicyclic amines) is 1. The topological polar surface area (TPSA) is 88.0 Å². The minimum absolute atomic E-state index is 0.0550. The van der Waals surface area contributed by atoms with Gasteiger partial charge in [-0.05, 0) is 43.5 Å². The number of aryl methyl sites for hydroxylation is 1. The number of benzene rings is 1. The number of hydrogen-bond acceptors (Lipinski definition) is 5. The van der Waals surface area contributed by atoms with E-state index >= 15 is 0 Å². The van der Waals surface area contributed by atoms with E-state index in [-0.39, 0.29) is 18.0 Å². The molecule has 1 aliphatic heterocycles. The molecule has 0 spiro atoms. The number of fused-ring (bicyclic) bond motifs is 1. The first-order valence-corrected chi connectivity index (χ1v) is 12.3. The number of amides is 2. The maximum atomic E-state index is 13.0. The van der Waals surface area contributed by atoms with E-state index in [0.717, 1.165) is 35.4 Å². The number of nitrogens with one attached hydrogen (secondary N) is 2. The minimum Gasteiger partial charge on any atom is -0.333 e. The number of urea groups is 1. The molecule has 8 nitrogen and oxygen atoms in total. The summed E-state index contributed by atoms with van der Waals surface area (Å²) in [4.78, 5) is 24.3. The summed E-state index contributed by atoms with van der Waals surface area (Å²) in [7, 11) is 0. The normalized spacial score (nSPS) is 20.6. The first kappa shape index (κ1) is 21.7. The second-order valence-electron chi connectivity index (χ2n) is 9.60. The number of carbonyl (C=O) groups excluding carboxylic acids is 1. The molecule has 2 aliphatic rings. The second kappa shape index (κ2) is 9.11. The quantitative estimate of drug-likeness (QED) is 0.458. The third kappa shape index (κ3) is 4.37. The summed E-state index contributed by atoms with van der Waals surface area (Å²) in [5.41, 5.74) is 4.00. The van der Waals surface area contributed by atoms with Crippen molar-refractivity contribution < 1.29 is 4.79 Å². The zero-order valence-electron chi connectivity index (χ0n) is 19.8. The van der Waals surface area contributed by atoms with Gasteiger partial charge in [-0.15, -0.1) is 0 Å². The van der Waals surface area contributed by atoms with Gasteiger partial charge in [-0.1, -0.05) is 36.8 Å². The van der Waals surface area contributed by atoms with E-state index in [9.17, 15) is 4.79 Å². The van der Waals surface area contributed by atoms with Gasteiger partial charge in [0.2, 0.25) is 0 Å². The van der Waals surface area contributed by atoms with E-state index in [0.29, 0.717) is 11.9 Å². The largest absolute Gasteiger partial charge is 0.333 e. The summed E-state index contributed by atoms with van der Waals surface area (Å²) in [6, 6.07) is 16.7. The maximum Gasteiger partial charge on any atom is 0.320 e. The fraction of sp³-hybridized carbons (Fsp3) is 0.333. The summed E-state index contributed by atoms with van der Waals surface area (Å²) in [6.07, 6.45) is 9.13. The van der Waals surface area contributed by atoms with Crippen LogP contribution in [0.25, 0.3) is 16.6 Å². The lowest BCUT2D eigenvalue weighted by atomic mass is 9.91. The third-order valence-electron chi connectivity index (χ3n) is 7.30. The van der Waals surface area contributed by atoms with Gasteiger partial charge in [0.1, 0.15) is 5.82 Å². The van der Waals surface area contributed by atoms with Crippen LogP contribution in [0.15, 0.2) is 67.1 Å². The third-order valence-corrected chi connectivity index (χ3v) is 7.30. The van der Waals surface area contributed by atoms with Crippen LogP contribution in [-0.4, -0.2) is 55.9 Å². The summed E-state index contributed by atoms with van der Waals surface area (Å²) < 4.78 is 1.83. The van der Waals surface area contributed by atoms with E-state index in [4.69, 9.17) is 0 Å². The smallest absolute Gasteiger partial charge is 0.320 e. The highest BCUT2D eigenvalue weighted by atomic mass is 16.2. The molecule has 0 bridgehead atoms. The Morgan fingerprint density at radius 2 is 1.89 bits per heavy atom. The van der Waals surface area contributed by atoms with Gasteiger partial charge in [0.05, 0.1) is 29.6 Å². The Morgan fingerprint density at radius 1 is 1.03 bits per heavy atom. The van der Waals surface area contributed by atoms with E-state index < -0.39 is 0 Å². The highest BCUT2D eigenvalue weighted by Crippen LogP contribution is 2.34. The van der Waals surface area contributed by atoms with Gasteiger partial charge in [0, 0.05) is 42.3 Å². The molecule has 6 rings (SSSR count). The number of pyridine rings is 2. The van der Waals surface area contributed by atoms with Gasteiger partial charge in [-0.2, -0.15) is 5.10 Å². The van der Waals surface area contributed by atoms with Crippen LogP contribution in [0, 0.1) is 6.92 Å². The minimum atomic E-state index is -0.226. The molecular weight excluding hydrogens is 438 g/mol. The summed E-state index contributed by atoms with van der Waals surface area (Å²) in [5.74, 6) is 0.783. The van der Waals surface area contributed by atoms with Crippen LogP contribution in [0.2, 0.25) is 0 Å². The summed E-state index contributed by atoms with van der Waals surface area (Å²) in [5, 5.41) is 11.6. The molecule has 178 valence electrons. The fourth-order valence-electron chi connectivity index (χ4n) is 5.25. The first-order valence-electron chi connectivity index (χ1n) is 12.3. The lowest BCUT2D eigenvalue weighted by Gasteiger charge is -2.34. The zero-order valence-corrected chi connectivity index (χ0v) is 19.8. The molecule has 4 aromatic rings. The van der Waals surface area contributed by atoms with Gasteiger partial charge >= 0.3 is 6.03 Å². The lowest BCUT2D eigenvalue weighted by molar-refractivity contribution is 0.154. The Kier molecular flexibility index (Phi) is 5.66. The monoisotopic (exact) mass is 467 g/mol. The number of carbonyl (C=O) groups is 1. The van der Waals surface area contributed by atoms with E-state index in [1.807, 2.05) is 35.9 Å². The number of hydrogen-bond donors (Lipinski definition) is 2. The predicted octanol–water partition coefficient (Wildman–Crippen LogP) is 4.27. The Bertz CT molecular complexity index is 1350. The molecule has 0 unspecified atom stereocenters. The molecule has 8 heteroatoms. The van der Waals surface area contributed by atoms with E-state index in [1.165, 1.54) is 24.8 Å². The van der Waals surface area contributed by atoms with Crippen molar-refractivity contribution in [2.24, 2.45) is 0 Å². The first-order chi connectivity index (χ1) is 17.1. The highest BCUT2D eigenvalue weighted by molar-refractivity contribution is 5.91. The molecule has 4 heterocycles. The van der Waals surface area contributed by atoms with Gasteiger partial charge in [-0.25, -0.2) is 14.5 Å². The Labute approximate surface area is 204 Å². The van der Waals surface area contributed by atoms with Gasteiger partial charge in [0.15, 0.2) is 0 Å². The molecule has 2 amide bonds. The second-order valence-corrected chi connectivity index (χ2v) is 9.60. The van der Waals surface area contributed by atoms with Crippen molar-refractivity contribution in [1.29, 1.82) is 0 Å². The average Bonchev–Trinajstić information content (AvgIpc) is 3.42. The number of aromatic nitrogens is 4. The highest BCUT2D eigenvalue weighted by Gasteiger charge is 2.39. The number of anilines is 1. The van der Waals surface area contributed by atoms with Crippen molar-refractivity contribution in [3.8, 4) is 5.69 Å². The van der Waals surface area contributed by atoms with Crippen LogP contribution in [0.1, 0.15) is 36.4 Å². The van der Waals surface area contributed by atoms with Crippen LogP contribution in [0.4, 0.5) is 10.6 Å². The van der Waals surface area contributed by atoms with E-state index in [2.05, 4.69) is 54.9 Å². The molecule has 1 aliphatic carbocycles. The molecule has 1 saturated carbocycles. The Morgan fingerprint density at radius 3 is 2.66 bits per heavy atom. The number of rotatable bonds is 5. The average molecular weight is 468 g/mol. The molecule has 0 radical (unpaired) electrons. The summed E-state index contributed by atoms with van der Waals surface area (Å²) >= 11 is 0. The molecular formula is C27H29N7O. The summed E-state index contributed by atoms with van der Waals surface area (Å²) in [6.45, 7) is 3.81. The molecule has 3 aromatic heterocycles. The van der Waals surface area contributed by atoms with Crippen LogP contribution in [-0.2, 0) is 0 Å². The van der Waals surface area contributed by atoms with Gasteiger partial charge < -0.3 is 5.32 Å². The van der Waals surface area contributed by atoms with Crippen LogP contribution >= 0.6 is 0 Å². The van der Waals surface area contributed by atoms with Crippen LogP contribution in [0.5, 0.6) is 0 Å². The van der Waals surface area contributed by atoms with Crippen molar-refractivity contribution in [2.45, 2.75) is 44.2 Å².